The van der Waals surface area contributed by atoms with Crippen molar-refractivity contribution in [1.29, 1.82) is 0 Å². The quantitative estimate of drug-likeness (QED) is 0.751. The monoisotopic (exact) mass is 348 g/mol. The van der Waals surface area contributed by atoms with Gasteiger partial charge in [0, 0.05) is 19.0 Å². The van der Waals surface area contributed by atoms with E-state index in [4.69, 9.17) is 11.6 Å². The van der Waals surface area contributed by atoms with Crippen LogP contribution in [0.5, 0.6) is 0 Å². The highest BCUT2D eigenvalue weighted by molar-refractivity contribution is 6.32. The van der Waals surface area contributed by atoms with E-state index in [1.54, 1.807) is 0 Å². The molecule has 0 atom stereocenters. The van der Waals surface area contributed by atoms with Crippen LogP contribution >= 0.6 is 11.6 Å². The van der Waals surface area contributed by atoms with Crippen molar-refractivity contribution in [3.05, 3.63) is 57.5 Å². The summed E-state index contributed by atoms with van der Waals surface area (Å²) < 4.78 is 1.32. The summed E-state index contributed by atoms with van der Waals surface area (Å²) in [6.07, 6.45) is 1.52. The number of nitrogens with one attached hydrogen (secondary N) is 2. The molecule has 2 rings (SSSR count). The Bertz CT molecular complexity index is 744. The normalized spacial score (nSPS) is 10.7. The molecule has 1 amide bonds. The molecule has 0 saturated carbocycles. The maximum atomic E-state index is 12.3. The van der Waals surface area contributed by atoms with Gasteiger partial charge in [0.25, 0.3) is 5.56 Å². The van der Waals surface area contributed by atoms with Crippen molar-refractivity contribution < 1.29 is 4.79 Å². The molecule has 1 aromatic heterocycles. The molecule has 0 aliphatic rings. The first-order chi connectivity index (χ1) is 11.5. The lowest BCUT2D eigenvalue weighted by atomic mass is 10.2. The highest BCUT2D eigenvalue weighted by Gasteiger charge is 2.10. The first-order valence-electron chi connectivity index (χ1n) is 7.80. The predicted octanol–water partition coefficient (Wildman–Crippen LogP) is 2.13. The molecular weight excluding hydrogens is 328 g/mol. The fraction of sp³-hybridized carbons (Fsp3) is 0.353. The number of carbonyl (C=O) groups excluding carboxylic acids is 1. The Balaban J connectivity index is 1.97. The molecule has 0 aliphatic heterocycles. The highest BCUT2D eigenvalue weighted by atomic mass is 35.5. The van der Waals surface area contributed by atoms with Gasteiger partial charge < -0.3 is 10.6 Å². The van der Waals surface area contributed by atoms with E-state index in [0.29, 0.717) is 25.3 Å². The molecule has 1 aromatic carbocycles. The third-order valence-corrected chi connectivity index (χ3v) is 3.79. The van der Waals surface area contributed by atoms with Gasteiger partial charge in [-0.1, -0.05) is 55.8 Å². The summed E-state index contributed by atoms with van der Waals surface area (Å²) in [5.74, 6) is -0.0727. The Kier molecular flexibility index (Phi) is 6.37. The van der Waals surface area contributed by atoms with Crippen molar-refractivity contribution in [1.82, 2.24) is 15.1 Å². The van der Waals surface area contributed by atoms with Crippen LogP contribution < -0.4 is 16.2 Å². The lowest BCUT2D eigenvalue weighted by Gasteiger charge is -2.11. The second kappa shape index (κ2) is 8.49. The minimum Gasteiger partial charge on any atom is -0.381 e. The molecular formula is C17H21ClN4O2. The van der Waals surface area contributed by atoms with Crippen LogP contribution in [0.15, 0.2) is 41.3 Å². The molecule has 0 fully saturated rings. The summed E-state index contributed by atoms with van der Waals surface area (Å²) in [6, 6.07) is 9.57. The molecule has 6 nitrogen and oxygen atoms in total. The number of halogens is 1. The summed E-state index contributed by atoms with van der Waals surface area (Å²) in [5.41, 5.74) is 1.08. The lowest BCUT2D eigenvalue weighted by Crippen LogP contribution is -2.32. The molecule has 128 valence electrons. The standard InChI is InChI=1S/C17H21ClN4O2/c1-12(2)16(23)20-9-8-19-14-10-21-22(17(24)15(14)18)11-13-6-4-3-5-7-13/h3-7,10,12,19H,8-9,11H2,1-2H3,(H,20,23). The van der Waals surface area contributed by atoms with Crippen molar-refractivity contribution in [2.24, 2.45) is 5.92 Å². The molecule has 7 heteroatoms. The van der Waals surface area contributed by atoms with E-state index in [1.807, 2.05) is 44.2 Å². The second-order valence-corrected chi connectivity index (χ2v) is 6.07. The Labute approximate surface area is 145 Å². The minimum atomic E-state index is -0.350. The molecule has 0 saturated heterocycles. The van der Waals surface area contributed by atoms with Gasteiger partial charge in [-0.3, -0.25) is 9.59 Å². The molecule has 0 unspecified atom stereocenters. The van der Waals surface area contributed by atoms with Crippen LogP contribution in [-0.2, 0) is 11.3 Å². The topological polar surface area (TPSA) is 76.0 Å². The lowest BCUT2D eigenvalue weighted by molar-refractivity contribution is -0.123. The van der Waals surface area contributed by atoms with Crippen LogP contribution in [0.2, 0.25) is 5.02 Å². The van der Waals surface area contributed by atoms with E-state index < -0.39 is 0 Å². The Morgan fingerprint density at radius 1 is 1.25 bits per heavy atom. The third kappa shape index (κ3) is 4.83. The number of hydrogen-bond donors (Lipinski definition) is 2. The van der Waals surface area contributed by atoms with Crippen LogP contribution in [0.1, 0.15) is 19.4 Å². The molecule has 24 heavy (non-hydrogen) atoms. The zero-order valence-electron chi connectivity index (χ0n) is 13.8. The third-order valence-electron chi connectivity index (χ3n) is 3.42. The average Bonchev–Trinajstić information content (AvgIpc) is 2.58. The molecule has 0 bridgehead atoms. The van der Waals surface area contributed by atoms with Crippen LogP contribution in [0.3, 0.4) is 0 Å². The number of carbonyl (C=O) groups is 1. The maximum absolute atomic E-state index is 12.3. The van der Waals surface area contributed by atoms with Crippen LogP contribution in [-0.4, -0.2) is 28.8 Å². The minimum absolute atomic E-state index is 0.0145. The van der Waals surface area contributed by atoms with E-state index in [-0.39, 0.29) is 22.4 Å². The number of benzene rings is 1. The van der Waals surface area contributed by atoms with E-state index in [2.05, 4.69) is 15.7 Å². The molecule has 1 heterocycles. The molecule has 0 spiro atoms. The van der Waals surface area contributed by atoms with E-state index in [0.717, 1.165) is 5.56 Å². The van der Waals surface area contributed by atoms with Gasteiger partial charge >= 0.3 is 0 Å². The van der Waals surface area contributed by atoms with Gasteiger partial charge in [0.2, 0.25) is 5.91 Å². The Hall–Kier alpha value is -2.34. The maximum Gasteiger partial charge on any atom is 0.287 e. The van der Waals surface area contributed by atoms with E-state index in [9.17, 15) is 9.59 Å². The number of rotatable bonds is 7. The first-order valence-corrected chi connectivity index (χ1v) is 8.18. The number of aromatic nitrogens is 2. The van der Waals surface area contributed by atoms with E-state index >= 15 is 0 Å². The van der Waals surface area contributed by atoms with Crippen molar-refractivity contribution >= 4 is 23.2 Å². The summed E-state index contributed by atoms with van der Waals surface area (Å²) in [7, 11) is 0. The van der Waals surface area contributed by atoms with Gasteiger partial charge in [0.1, 0.15) is 5.02 Å². The summed E-state index contributed by atoms with van der Waals surface area (Å²) in [5, 5.41) is 10.0. The molecule has 2 N–H and O–H groups in total. The number of nitrogens with zero attached hydrogens (tertiary/aromatic N) is 2. The molecule has 0 aliphatic carbocycles. The van der Waals surface area contributed by atoms with E-state index in [1.165, 1.54) is 10.9 Å². The van der Waals surface area contributed by atoms with Gasteiger partial charge in [-0.25, -0.2) is 4.68 Å². The van der Waals surface area contributed by atoms with Gasteiger partial charge in [-0.05, 0) is 5.56 Å². The van der Waals surface area contributed by atoms with Crippen molar-refractivity contribution in [3.8, 4) is 0 Å². The first kappa shape index (κ1) is 18.0. The second-order valence-electron chi connectivity index (χ2n) is 5.69. The van der Waals surface area contributed by atoms with Crippen molar-refractivity contribution in [2.75, 3.05) is 18.4 Å². The Morgan fingerprint density at radius 3 is 2.62 bits per heavy atom. The Morgan fingerprint density at radius 2 is 1.96 bits per heavy atom. The van der Waals surface area contributed by atoms with Gasteiger partial charge in [0.05, 0.1) is 18.4 Å². The van der Waals surface area contributed by atoms with Crippen molar-refractivity contribution in [2.45, 2.75) is 20.4 Å². The van der Waals surface area contributed by atoms with Gasteiger partial charge in [-0.2, -0.15) is 5.10 Å². The number of amides is 1. The van der Waals surface area contributed by atoms with Gasteiger partial charge in [-0.15, -0.1) is 0 Å². The smallest absolute Gasteiger partial charge is 0.287 e. The number of anilines is 1. The zero-order valence-corrected chi connectivity index (χ0v) is 14.5. The summed E-state index contributed by atoms with van der Waals surface area (Å²) in [6.45, 7) is 4.93. The van der Waals surface area contributed by atoms with Crippen LogP contribution in [0.4, 0.5) is 5.69 Å². The highest BCUT2D eigenvalue weighted by Crippen LogP contribution is 2.15. The van der Waals surface area contributed by atoms with Crippen LogP contribution in [0.25, 0.3) is 0 Å². The predicted molar refractivity (Wildman–Crippen MR) is 95.4 cm³/mol. The average molecular weight is 349 g/mol. The number of hydrogen-bond acceptors (Lipinski definition) is 4. The summed E-state index contributed by atoms with van der Waals surface area (Å²) in [4.78, 5) is 23.7. The fourth-order valence-electron chi connectivity index (χ4n) is 2.04. The largest absolute Gasteiger partial charge is 0.381 e. The van der Waals surface area contributed by atoms with Crippen LogP contribution in [0, 0.1) is 5.92 Å². The SMILES string of the molecule is CC(C)C(=O)NCCNc1cnn(Cc2ccccc2)c(=O)c1Cl. The molecule has 0 radical (unpaired) electrons. The fourth-order valence-corrected chi connectivity index (χ4v) is 2.26. The van der Waals surface area contributed by atoms with Gasteiger partial charge in [0.15, 0.2) is 0 Å². The zero-order chi connectivity index (χ0) is 17.5. The van der Waals surface area contributed by atoms with Crippen molar-refractivity contribution in [3.63, 3.8) is 0 Å². The molecule has 2 aromatic rings. The summed E-state index contributed by atoms with van der Waals surface area (Å²) >= 11 is 6.13.